The number of cyclic esters (lactones) is 1. The van der Waals surface area contributed by atoms with Crippen molar-refractivity contribution in [2.45, 2.75) is 92.4 Å². The standard InChI is InChI=1S/C25H42O4/c1-16(2)7-6-8-17(3)19-9-10-20-18(15-22(26)27)21(11-12-24(19,20)4)25(5)13-14-29-23(25)28/h16-21H,6-15H2,1-5H3,(H,26,27)/t17-,18+,19-,20+,21?,24-,25-/m1/s1. The fourth-order valence-electron chi connectivity index (χ4n) is 7.55. The van der Waals surface area contributed by atoms with Crippen LogP contribution in [0.5, 0.6) is 0 Å². The highest BCUT2D eigenvalue weighted by Crippen LogP contribution is 2.64. The summed E-state index contributed by atoms with van der Waals surface area (Å²) >= 11 is 0. The molecule has 1 saturated heterocycles. The van der Waals surface area contributed by atoms with Gasteiger partial charge in [-0.15, -0.1) is 0 Å². The molecule has 7 atom stereocenters. The minimum Gasteiger partial charge on any atom is -0.481 e. The molecule has 4 heteroatoms. The van der Waals surface area contributed by atoms with Crippen LogP contribution in [0.15, 0.2) is 0 Å². The maximum Gasteiger partial charge on any atom is 0.312 e. The van der Waals surface area contributed by atoms with Crippen LogP contribution in [0.2, 0.25) is 0 Å². The third-order valence-corrected chi connectivity index (χ3v) is 9.19. The maximum absolute atomic E-state index is 12.6. The number of aliphatic carboxylic acids is 1. The Bertz CT molecular complexity index is 614. The summed E-state index contributed by atoms with van der Waals surface area (Å²) in [5.74, 6) is 1.97. The van der Waals surface area contributed by atoms with Gasteiger partial charge in [0.25, 0.3) is 0 Å². The molecule has 0 amide bonds. The van der Waals surface area contributed by atoms with E-state index >= 15 is 0 Å². The summed E-state index contributed by atoms with van der Waals surface area (Å²) in [6, 6.07) is 0. The number of fused-ring (bicyclic) bond motifs is 1. The SMILES string of the molecule is CC(C)CCC[C@@H](C)[C@H]1CC[C@H]2[C@H](CC(=O)O)C([C@@]3(C)CCOC3=O)CC[C@]12C. The first-order valence-electron chi connectivity index (χ1n) is 12.0. The minimum absolute atomic E-state index is 0.0924. The molecule has 3 fully saturated rings. The Morgan fingerprint density at radius 1 is 1.10 bits per heavy atom. The lowest BCUT2D eigenvalue weighted by atomic mass is 9.51. The summed E-state index contributed by atoms with van der Waals surface area (Å²) in [4.78, 5) is 24.4. The molecule has 2 saturated carbocycles. The van der Waals surface area contributed by atoms with E-state index in [-0.39, 0.29) is 29.6 Å². The van der Waals surface area contributed by atoms with E-state index in [9.17, 15) is 14.7 Å². The lowest BCUT2D eigenvalue weighted by Crippen LogP contribution is -2.49. The van der Waals surface area contributed by atoms with E-state index in [1.54, 1.807) is 0 Å². The van der Waals surface area contributed by atoms with E-state index in [4.69, 9.17) is 4.74 Å². The van der Waals surface area contributed by atoms with E-state index < -0.39 is 11.4 Å². The Hall–Kier alpha value is -1.06. The molecule has 2 aliphatic carbocycles. The number of hydrogen-bond donors (Lipinski definition) is 1. The number of carboxylic acid groups (broad SMARTS) is 1. The first kappa shape index (κ1) is 22.6. The Balaban J connectivity index is 1.79. The number of rotatable bonds is 8. The van der Waals surface area contributed by atoms with Gasteiger partial charge in [0.05, 0.1) is 12.0 Å². The first-order valence-corrected chi connectivity index (χ1v) is 12.0. The smallest absolute Gasteiger partial charge is 0.312 e. The van der Waals surface area contributed by atoms with Crippen molar-refractivity contribution in [3.05, 3.63) is 0 Å². The summed E-state index contributed by atoms with van der Waals surface area (Å²) in [6.45, 7) is 12.0. The van der Waals surface area contributed by atoms with E-state index in [2.05, 4.69) is 27.7 Å². The van der Waals surface area contributed by atoms with E-state index in [0.29, 0.717) is 24.4 Å². The second-order valence-corrected chi connectivity index (χ2v) is 11.3. The molecule has 0 bridgehead atoms. The van der Waals surface area contributed by atoms with Crippen LogP contribution in [0.3, 0.4) is 0 Å². The zero-order valence-electron chi connectivity index (χ0n) is 19.2. The number of carbonyl (C=O) groups excluding carboxylic acids is 1. The van der Waals surface area contributed by atoms with Gasteiger partial charge in [-0.25, -0.2) is 0 Å². The fourth-order valence-corrected chi connectivity index (χ4v) is 7.55. The van der Waals surface area contributed by atoms with Crippen LogP contribution in [-0.4, -0.2) is 23.7 Å². The molecular weight excluding hydrogens is 364 g/mol. The Morgan fingerprint density at radius 3 is 2.41 bits per heavy atom. The van der Waals surface area contributed by atoms with Crippen molar-refractivity contribution in [1.82, 2.24) is 0 Å². The molecule has 4 nitrogen and oxygen atoms in total. The zero-order valence-corrected chi connectivity index (χ0v) is 19.2. The molecule has 0 aromatic heterocycles. The summed E-state index contributed by atoms with van der Waals surface area (Å²) in [5, 5.41) is 9.71. The maximum atomic E-state index is 12.6. The zero-order chi connectivity index (χ0) is 21.4. The lowest BCUT2D eigenvalue weighted by Gasteiger charge is -2.52. The van der Waals surface area contributed by atoms with Crippen molar-refractivity contribution in [2.24, 2.45) is 46.3 Å². The van der Waals surface area contributed by atoms with Gasteiger partial charge in [0.2, 0.25) is 0 Å². The average molecular weight is 407 g/mol. The van der Waals surface area contributed by atoms with Crippen molar-refractivity contribution in [2.75, 3.05) is 6.61 Å². The fraction of sp³-hybridized carbons (Fsp3) is 0.920. The van der Waals surface area contributed by atoms with E-state index in [1.807, 2.05) is 6.92 Å². The van der Waals surface area contributed by atoms with Crippen LogP contribution in [0, 0.1) is 46.3 Å². The molecule has 1 unspecified atom stereocenters. The normalized spacial score (nSPS) is 40.7. The average Bonchev–Trinajstić information content (AvgIpc) is 3.14. The van der Waals surface area contributed by atoms with Crippen molar-refractivity contribution in [1.29, 1.82) is 0 Å². The summed E-state index contributed by atoms with van der Waals surface area (Å²) in [5.41, 5.74) is -0.283. The van der Waals surface area contributed by atoms with Crippen LogP contribution in [0.1, 0.15) is 92.4 Å². The molecule has 3 aliphatic rings. The Morgan fingerprint density at radius 2 is 1.83 bits per heavy atom. The monoisotopic (exact) mass is 406 g/mol. The van der Waals surface area contributed by atoms with Crippen LogP contribution in [-0.2, 0) is 14.3 Å². The third-order valence-electron chi connectivity index (χ3n) is 9.19. The van der Waals surface area contributed by atoms with Gasteiger partial charge in [0.1, 0.15) is 0 Å². The van der Waals surface area contributed by atoms with Crippen LogP contribution >= 0.6 is 0 Å². The number of esters is 1. The van der Waals surface area contributed by atoms with Gasteiger partial charge >= 0.3 is 11.9 Å². The van der Waals surface area contributed by atoms with Crippen LogP contribution in [0.4, 0.5) is 0 Å². The highest BCUT2D eigenvalue weighted by atomic mass is 16.5. The number of hydrogen-bond acceptors (Lipinski definition) is 3. The van der Waals surface area contributed by atoms with Crippen molar-refractivity contribution < 1.29 is 19.4 Å². The van der Waals surface area contributed by atoms with E-state index in [1.165, 1.54) is 25.7 Å². The molecular formula is C25H42O4. The third kappa shape index (κ3) is 4.23. The number of carbonyl (C=O) groups is 2. The van der Waals surface area contributed by atoms with Gasteiger partial charge in [-0.1, -0.05) is 47.0 Å². The second kappa shape index (κ2) is 8.59. The minimum atomic E-state index is -0.715. The van der Waals surface area contributed by atoms with Gasteiger partial charge in [-0.2, -0.15) is 0 Å². The van der Waals surface area contributed by atoms with Gasteiger partial charge in [0.15, 0.2) is 0 Å². The van der Waals surface area contributed by atoms with Gasteiger partial charge in [0, 0.05) is 6.42 Å². The Kier molecular flexibility index (Phi) is 6.70. The quantitative estimate of drug-likeness (QED) is 0.507. The summed E-state index contributed by atoms with van der Waals surface area (Å²) in [7, 11) is 0. The first-order chi connectivity index (χ1) is 13.6. The van der Waals surface area contributed by atoms with Gasteiger partial charge in [-0.05, 0) is 80.0 Å². The molecule has 1 aliphatic heterocycles. The highest BCUT2D eigenvalue weighted by molar-refractivity contribution is 5.79. The topological polar surface area (TPSA) is 63.6 Å². The molecule has 166 valence electrons. The highest BCUT2D eigenvalue weighted by Gasteiger charge is 2.60. The van der Waals surface area contributed by atoms with Crippen molar-refractivity contribution in [3.8, 4) is 0 Å². The molecule has 0 aromatic carbocycles. The van der Waals surface area contributed by atoms with E-state index in [0.717, 1.165) is 31.6 Å². The second-order valence-electron chi connectivity index (χ2n) is 11.3. The number of ether oxygens (including phenoxy) is 1. The molecule has 3 rings (SSSR count). The summed E-state index contributed by atoms with van der Waals surface area (Å²) < 4.78 is 5.35. The van der Waals surface area contributed by atoms with Crippen LogP contribution < -0.4 is 0 Å². The molecule has 1 N–H and O–H groups in total. The van der Waals surface area contributed by atoms with Gasteiger partial charge < -0.3 is 9.84 Å². The lowest BCUT2D eigenvalue weighted by molar-refractivity contribution is -0.155. The predicted octanol–water partition coefficient (Wildman–Crippen LogP) is 5.94. The molecule has 0 radical (unpaired) electrons. The van der Waals surface area contributed by atoms with Crippen molar-refractivity contribution >= 4 is 11.9 Å². The molecule has 29 heavy (non-hydrogen) atoms. The Labute approximate surface area is 177 Å². The number of carboxylic acids is 1. The largest absolute Gasteiger partial charge is 0.481 e. The summed E-state index contributed by atoms with van der Waals surface area (Å²) in [6.07, 6.45) is 9.23. The van der Waals surface area contributed by atoms with Crippen LogP contribution in [0.25, 0.3) is 0 Å². The molecule has 0 spiro atoms. The molecule has 0 aromatic rings. The predicted molar refractivity (Wildman–Crippen MR) is 114 cm³/mol. The molecule has 1 heterocycles. The van der Waals surface area contributed by atoms with Crippen molar-refractivity contribution in [3.63, 3.8) is 0 Å². The van der Waals surface area contributed by atoms with Gasteiger partial charge in [-0.3, -0.25) is 9.59 Å².